The van der Waals surface area contributed by atoms with E-state index in [1.54, 1.807) is 12.3 Å². The van der Waals surface area contributed by atoms with Crippen molar-refractivity contribution in [3.63, 3.8) is 0 Å². The molecular weight excluding hydrogens is 254 g/mol. The van der Waals surface area contributed by atoms with Crippen molar-refractivity contribution in [3.8, 4) is 5.75 Å². The number of aromatic hydroxyl groups is 1. The minimum Gasteiger partial charge on any atom is -0.506 e. The number of pyridine rings is 1. The van der Waals surface area contributed by atoms with E-state index in [-0.39, 0.29) is 17.1 Å². The maximum Gasteiger partial charge on any atom is 0.227 e. The summed E-state index contributed by atoms with van der Waals surface area (Å²) in [6, 6.07) is 1.61. The molecule has 1 aromatic rings. The van der Waals surface area contributed by atoms with E-state index in [0.29, 0.717) is 12.3 Å². The second-order valence-corrected chi connectivity index (χ2v) is 6.55. The van der Waals surface area contributed by atoms with E-state index in [0.717, 1.165) is 31.7 Å². The van der Waals surface area contributed by atoms with Gasteiger partial charge in [-0.15, -0.1) is 0 Å². The second-order valence-electron chi connectivity index (χ2n) is 6.55. The van der Waals surface area contributed by atoms with Gasteiger partial charge in [-0.3, -0.25) is 9.78 Å². The van der Waals surface area contributed by atoms with Crippen molar-refractivity contribution in [1.82, 2.24) is 14.8 Å². The van der Waals surface area contributed by atoms with Crippen LogP contribution < -0.4 is 0 Å². The summed E-state index contributed by atoms with van der Waals surface area (Å²) < 4.78 is 0. The Morgan fingerprint density at radius 1 is 1.45 bits per heavy atom. The number of aromatic nitrogens is 1. The SMILES string of the molecule is CN1C[C@@H]2CN(C(=O)Cc3cncc(O)c3)C[C@]2(C)C1. The Morgan fingerprint density at radius 2 is 2.25 bits per heavy atom. The van der Waals surface area contributed by atoms with Gasteiger partial charge in [0.05, 0.1) is 12.6 Å². The van der Waals surface area contributed by atoms with Gasteiger partial charge in [0.2, 0.25) is 5.91 Å². The Morgan fingerprint density at radius 3 is 2.95 bits per heavy atom. The maximum atomic E-state index is 12.4. The number of carbonyl (C=O) groups is 1. The fraction of sp³-hybridized carbons (Fsp3) is 0.600. The largest absolute Gasteiger partial charge is 0.506 e. The molecule has 3 heterocycles. The molecule has 1 aromatic heterocycles. The molecule has 20 heavy (non-hydrogen) atoms. The van der Waals surface area contributed by atoms with E-state index in [2.05, 4.69) is 23.9 Å². The zero-order valence-electron chi connectivity index (χ0n) is 12.0. The number of carbonyl (C=O) groups excluding carboxylic acids is 1. The summed E-state index contributed by atoms with van der Waals surface area (Å²) in [5.41, 5.74) is 1.01. The molecule has 2 aliphatic rings. The highest BCUT2D eigenvalue weighted by Crippen LogP contribution is 2.41. The maximum absolute atomic E-state index is 12.4. The summed E-state index contributed by atoms with van der Waals surface area (Å²) in [6.45, 7) is 6.12. The third-order valence-corrected chi connectivity index (χ3v) is 4.63. The Bertz CT molecular complexity index is 534. The first-order chi connectivity index (χ1) is 9.46. The monoisotopic (exact) mass is 275 g/mol. The molecule has 5 nitrogen and oxygen atoms in total. The van der Waals surface area contributed by atoms with Crippen LogP contribution >= 0.6 is 0 Å². The molecule has 2 aliphatic heterocycles. The first kappa shape index (κ1) is 13.4. The lowest BCUT2D eigenvalue weighted by atomic mass is 9.83. The lowest BCUT2D eigenvalue weighted by Gasteiger charge is -2.24. The van der Waals surface area contributed by atoms with Crippen molar-refractivity contribution < 1.29 is 9.90 Å². The topological polar surface area (TPSA) is 56.7 Å². The number of fused-ring (bicyclic) bond motifs is 1. The molecule has 0 aromatic carbocycles. The zero-order valence-corrected chi connectivity index (χ0v) is 12.0. The highest BCUT2D eigenvalue weighted by atomic mass is 16.3. The third kappa shape index (κ3) is 2.38. The minimum absolute atomic E-state index is 0.113. The van der Waals surface area contributed by atoms with Gasteiger partial charge >= 0.3 is 0 Å². The van der Waals surface area contributed by atoms with Crippen LogP contribution in [0.2, 0.25) is 0 Å². The van der Waals surface area contributed by atoms with Crippen molar-refractivity contribution >= 4 is 5.91 Å². The molecule has 0 saturated carbocycles. The predicted octanol–water partition coefficient (Wildman–Crippen LogP) is 0.740. The number of hydrogen-bond donors (Lipinski definition) is 1. The molecule has 1 N–H and O–H groups in total. The van der Waals surface area contributed by atoms with E-state index < -0.39 is 0 Å². The molecule has 2 fully saturated rings. The molecule has 108 valence electrons. The van der Waals surface area contributed by atoms with Crippen LogP contribution in [-0.4, -0.2) is 59.0 Å². The highest BCUT2D eigenvalue weighted by molar-refractivity contribution is 5.79. The molecule has 0 aliphatic carbocycles. The lowest BCUT2D eigenvalue weighted by molar-refractivity contribution is -0.130. The molecule has 5 heteroatoms. The predicted molar refractivity (Wildman–Crippen MR) is 75.3 cm³/mol. The molecule has 0 radical (unpaired) electrons. The van der Waals surface area contributed by atoms with Crippen LogP contribution in [0.15, 0.2) is 18.5 Å². The first-order valence-corrected chi connectivity index (χ1v) is 7.05. The summed E-state index contributed by atoms with van der Waals surface area (Å²) in [6.07, 6.45) is 3.34. The van der Waals surface area contributed by atoms with Gasteiger partial charge in [0.15, 0.2) is 0 Å². The fourth-order valence-electron chi connectivity index (χ4n) is 3.68. The molecule has 1 amide bonds. The van der Waals surface area contributed by atoms with E-state index in [1.165, 1.54) is 6.20 Å². The van der Waals surface area contributed by atoms with Crippen LogP contribution in [0.5, 0.6) is 5.75 Å². The van der Waals surface area contributed by atoms with Crippen LogP contribution in [0.3, 0.4) is 0 Å². The smallest absolute Gasteiger partial charge is 0.227 e. The summed E-state index contributed by atoms with van der Waals surface area (Å²) in [4.78, 5) is 20.6. The average molecular weight is 275 g/mol. The fourth-order valence-corrected chi connectivity index (χ4v) is 3.68. The Labute approximate surface area is 119 Å². The van der Waals surface area contributed by atoms with Gasteiger partial charge in [0, 0.05) is 37.8 Å². The number of rotatable bonds is 2. The van der Waals surface area contributed by atoms with Crippen molar-refractivity contribution in [2.24, 2.45) is 11.3 Å². The van der Waals surface area contributed by atoms with E-state index in [4.69, 9.17) is 0 Å². The normalized spacial score (nSPS) is 29.7. The van der Waals surface area contributed by atoms with E-state index in [1.807, 2.05) is 4.90 Å². The van der Waals surface area contributed by atoms with Gasteiger partial charge in [-0.1, -0.05) is 6.92 Å². The Balaban J connectivity index is 1.65. The summed E-state index contributed by atoms with van der Waals surface area (Å²) in [5.74, 6) is 0.830. The molecule has 0 unspecified atom stereocenters. The average Bonchev–Trinajstić information content (AvgIpc) is 2.79. The lowest BCUT2D eigenvalue weighted by Crippen LogP contribution is -2.35. The van der Waals surface area contributed by atoms with Crippen LogP contribution in [0, 0.1) is 11.3 Å². The van der Waals surface area contributed by atoms with Gasteiger partial charge in [-0.2, -0.15) is 0 Å². The van der Waals surface area contributed by atoms with Crippen molar-refractivity contribution in [1.29, 1.82) is 0 Å². The van der Waals surface area contributed by atoms with Gasteiger partial charge in [0.1, 0.15) is 5.75 Å². The number of likely N-dealkylation sites (tertiary alicyclic amines) is 2. The summed E-state index contributed by atoms with van der Waals surface area (Å²) >= 11 is 0. The van der Waals surface area contributed by atoms with Gasteiger partial charge in [-0.05, 0) is 24.6 Å². The Hall–Kier alpha value is -1.62. The van der Waals surface area contributed by atoms with Crippen LogP contribution in [0.1, 0.15) is 12.5 Å². The number of nitrogens with zero attached hydrogens (tertiary/aromatic N) is 3. The van der Waals surface area contributed by atoms with E-state index >= 15 is 0 Å². The minimum atomic E-state index is 0.113. The standard InChI is InChI=1S/C15H21N3O2/c1-15-9-17(2)7-12(15)8-18(10-15)14(20)4-11-3-13(19)6-16-5-11/h3,5-6,12,19H,4,7-10H2,1-2H3/t12-,15+/m1/s1. The third-order valence-electron chi connectivity index (χ3n) is 4.63. The molecule has 3 rings (SSSR count). The quantitative estimate of drug-likeness (QED) is 0.865. The molecule has 0 bridgehead atoms. The van der Waals surface area contributed by atoms with Crippen molar-refractivity contribution in [2.45, 2.75) is 13.3 Å². The van der Waals surface area contributed by atoms with Crippen molar-refractivity contribution in [3.05, 3.63) is 24.0 Å². The zero-order chi connectivity index (χ0) is 14.3. The molecular formula is C15H21N3O2. The van der Waals surface area contributed by atoms with Crippen LogP contribution in [-0.2, 0) is 11.2 Å². The first-order valence-electron chi connectivity index (χ1n) is 7.05. The number of hydrogen-bond acceptors (Lipinski definition) is 4. The van der Waals surface area contributed by atoms with Crippen molar-refractivity contribution in [2.75, 3.05) is 33.2 Å². The van der Waals surface area contributed by atoms with Crippen LogP contribution in [0.25, 0.3) is 0 Å². The molecule has 0 spiro atoms. The molecule has 2 saturated heterocycles. The van der Waals surface area contributed by atoms with Gasteiger partial charge in [-0.25, -0.2) is 0 Å². The van der Waals surface area contributed by atoms with Gasteiger partial charge < -0.3 is 14.9 Å². The molecule has 2 atom stereocenters. The summed E-state index contributed by atoms with van der Waals surface area (Å²) in [7, 11) is 2.15. The number of amides is 1. The van der Waals surface area contributed by atoms with Gasteiger partial charge in [0.25, 0.3) is 0 Å². The highest BCUT2D eigenvalue weighted by Gasteiger charge is 2.49. The Kier molecular flexibility index (Phi) is 3.17. The van der Waals surface area contributed by atoms with E-state index in [9.17, 15) is 9.90 Å². The van der Waals surface area contributed by atoms with Crippen LogP contribution in [0.4, 0.5) is 0 Å². The second kappa shape index (κ2) is 4.74. The summed E-state index contributed by atoms with van der Waals surface area (Å²) in [5, 5.41) is 9.40.